The van der Waals surface area contributed by atoms with Crippen molar-refractivity contribution in [1.82, 2.24) is 20.1 Å². The Balaban J connectivity index is 2.24. The van der Waals surface area contributed by atoms with E-state index in [4.69, 9.17) is 10.5 Å². The number of nitrogen functional groups attached to an aromatic ring is 1. The van der Waals surface area contributed by atoms with Gasteiger partial charge in [0.2, 0.25) is 0 Å². The van der Waals surface area contributed by atoms with E-state index in [1.54, 1.807) is 25.2 Å². The quantitative estimate of drug-likeness (QED) is 0.788. The van der Waals surface area contributed by atoms with Crippen molar-refractivity contribution < 1.29 is 9.53 Å². The van der Waals surface area contributed by atoms with Crippen molar-refractivity contribution in [3.8, 4) is 5.75 Å². The lowest BCUT2D eigenvalue weighted by molar-refractivity contribution is 0.0779. The highest BCUT2D eigenvalue weighted by Gasteiger charge is 2.20. The zero-order chi connectivity index (χ0) is 13.8. The Hall–Kier alpha value is -2.57. The number of H-pyrrole nitrogens is 1. The van der Waals surface area contributed by atoms with E-state index < -0.39 is 0 Å². The van der Waals surface area contributed by atoms with Gasteiger partial charge in [-0.15, -0.1) is 0 Å². The van der Waals surface area contributed by atoms with Gasteiger partial charge in [-0.05, 0) is 12.1 Å². The van der Waals surface area contributed by atoms with E-state index in [0.29, 0.717) is 29.4 Å². The van der Waals surface area contributed by atoms with Gasteiger partial charge in [-0.2, -0.15) is 5.10 Å². The molecule has 0 aliphatic carbocycles. The van der Waals surface area contributed by atoms with E-state index in [2.05, 4.69) is 15.2 Å². The molecular formula is C12H15N5O2. The average molecular weight is 261 g/mol. The van der Waals surface area contributed by atoms with Crippen molar-refractivity contribution >= 4 is 11.6 Å². The molecule has 1 aromatic carbocycles. The van der Waals surface area contributed by atoms with Crippen molar-refractivity contribution in [2.45, 2.75) is 6.54 Å². The lowest BCUT2D eigenvalue weighted by Gasteiger charge is -2.18. The van der Waals surface area contributed by atoms with Crippen LogP contribution >= 0.6 is 0 Å². The molecule has 0 bridgehead atoms. The third-order valence-electron chi connectivity index (χ3n) is 2.69. The average Bonchev–Trinajstić information content (AvgIpc) is 2.90. The van der Waals surface area contributed by atoms with E-state index in [1.807, 2.05) is 0 Å². The number of nitrogens with two attached hydrogens (primary N) is 1. The standard InChI is InChI=1S/C12H15N5O2/c1-17(6-10-14-7-15-16-10)12(18)11-8(13)4-3-5-9(11)19-2/h3-5,7H,6,13H2,1-2H3,(H,14,15,16). The summed E-state index contributed by atoms with van der Waals surface area (Å²) < 4.78 is 5.17. The fourth-order valence-corrected chi connectivity index (χ4v) is 1.74. The lowest BCUT2D eigenvalue weighted by atomic mass is 10.1. The number of methoxy groups -OCH3 is 1. The predicted octanol–water partition coefficient (Wildman–Crippen LogP) is 0.668. The Morgan fingerprint density at radius 2 is 2.32 bits per heavy atom. The second-order valence-electron chi connectivity index (χ2n) is 4.02. The summed E-state index contributed by atoms with van der Waals surface area (Å²) >= 11 is 0. The third kappa shape index (κ3) is 2.65. The molecule has 1 amide bonds. The molecule has 1 heterocycles. The molecule has 2 rings (SSSR count). The molecule has 0 aliphatic rings. The number of aromatic nitrogens is 3. The molecule has 0 aliphatic heterocycles. The molecule has 19 heavy (non-hydrogen) atoms. The number of carbonyl (C=O) groups excluding carboxylic acids is 1. The minimum atomic E-state index is -0.230. The zero-order valence-electron chi connectivity index (χ0n) is 10.8. The Morgan fingerprint density at radius 1 is 1.53 bits per heavy atom. The van der Waals surface area contributed by atoms with Crippen LogP contribution in [0.15, 0.2) is 24.5 Å². The number of ether oxygens (including phenoxy) is 1. The van der Waals surface area contributed by atoms with Gasteiger partial charge in [0, 0.05) is 12.7 Å². The van der Waals surface area contributed by atoms with Crippen LogP contribution in [0.5, 0.6) is 5.75 Å². The van der Waals surface area contributed by atoms with Crippen LogP contribution in [-0.2, 0) is 6.54 Å². The summed E-state index contributed by atoms with van der Waals surface area (Å²) in [7, 11) is 3.17. The summed E-state index contributed by atoms with van der Waals surface area (Å²) in [5.41, 5.74) is 6.58. The third-order valence-corrected chi connectivity index (χ3v) is 2.69. The maximum atomic E-state index is 12.4. The number of hydrogen-bond donors (Lipinski definition) is 2. The van der Waals surface area contributed by atoms with Crippen LogP contribution in [0.2, 0.25) is 0 Å². The van der Waals surface area contributed by atoms with Gasteiger partial charge in [-0.1, -0.05) is 6.07 Å². The Bertz CT molecular complexity index is 568. The molecule has 7 heteroatoms. The SMILES string of the molecule is COc1cccc(N)c1C(=O)N(C)Cc1ncn[nH]1. The minimum Gasteiger partial charge on any atom is -0.496 e. The molecule has 0 radical (unpaired) electrons. The highest BCUT2D eigenvalue weighted by atomic mass is 16.5. The monoisotopic (exact) mass is 261 g/mol. The van der Waals surface area contributed by atoms with E-state index in [0.717, 1.165) is 0 Å². The second-order valence-corrected chi connectivity index (χ2v) is 4.02. The number of rotatable bonds is 4. The summed E-state index contributed by atoms with van der Waals surface area (Å²) in [5, 5.41) is 6.44. The summed E-state index contributed by atoms with van der Waals surface area (Å²) in [6, 6.07) is 5.10. The number of nitrogens with one attached hydrogen (secondary N) is 1. The maximum Gasteiger partial charge on any atom is 0.259 e. The van der Waals surface area contributed by atoms with Crippen LogP contribution < -0.4 is 10.5 Å². The normalized spacial score (nSPS) is 10.2. The van der Waals surface area contributed by atoms with Gasteiger partial charge in [0.25, 0.3) is 5.91 Å². The fourth-order valence-electron chi connectivity index (χ4n) is 1.74. The molecule has 0 atom stereocenters. The van der Waals surface area contributed by atoms with Crippen molar-refractivity contribution in [3.63, 3.8) is 0 Å². The molecule has 7 nitrogen and oxygen atoms in total. The minimum absolute atomic E-state index is 0.230. The highest BCUT2D eigenvalue weighted by Crippen LogP contribution is 2.25. The number of carbonyl (C=O) groups is 1. The van der Waals surface area contributed by atoms with Gasteiger partial charge in [0.15, 0.2) is 0 Å². The Labute approximate surface area is 110 Å². The second kappa shape index (κ2) is 5.38. The highest BCUT2D eigenvalue weighted by molar-refractivity contribution is 6.01. The summed E-state index contributed by atoms with van der Waals surface area (Å²) in [5.74, 6) is 0.824. The molecule has 2 aromatic rings. The van der Waals surface area contributed by atoms with Crippen molar-refractivity contribution in [1.29, 1.82) is 0 Å². The Morgan fingerprint density at radius 3 is 2.95 bits per heavy atom. The van der Waals surface area contributed by atoms with Crippen molar-refractivity contribution in [2.24, 2.45) is 0 Å². The van der Waals surface area contributed by atoms with E-state index >= 15 is 0 Å². The summed E-state index contributed by atoms with van der Waals surface area (Å²) in [6.07, 6.45) is 1.39. The molecule has 0 saturated heterocycles. The predicted molar refractivity (Wildman–Crippen MR) is 69.6 cm³/mol. The van der Waals surface area contributed by atoms with Crippen molar-refractivity contribution in [3.05, 3.63) is 35.9 Å². The van der Waals surface area contributed by atoms with E-state index in [1.165, 1.54) is 18.3 Å². The van der Waals surface area contributed by atoms with Gasteiger partial charge < -0.3 is 15.4 Å². The maximum absolute atomic E-state index is 12.4. The molecule has 0 spiro atoms. The van der Waals surface area contributed by atoms with Crippen LogP contribution in [0, 0.1) is 0 Å². The van der Waals surface area contributed by atoms with Gasteiger partial charge in [0.1, 0.15) is 23.5 Å². The van der Waals surface area contributed by atoms with Gasteiger partial charge in [0.05, 0.1) is 13.7 Å². The topological polar surface area (TPSA) is 97.1 Å². The smallest absolute Gasteiger partial charge is 0.259 e. The molecule has 100 valence electrons. The van der Waals surface area contributed by atoms with Gasteiger partial charge >= 0.3 is 0 Å². The first-order valence-corrected chi connectivity index (χ1v) is 5.65. The largest absolute Gasteiger partial charge is 0.496 e. The van der Waals surface area contributed by atoms with Crippen LogP contribution in [0.4, 0.5) is 5.69 Å². The van der Waals surface area contributed by atoms with Crippen LogP contribution in [0.1, 0.15) is 16.2 Å². The first-order valence-electron chi connectivity index (χ1n) is 5.65. The number of amides is 1. The van der Waals surface area contributed by atoms with E-state index in [9.17, 15) is 4.79 Å². The summed E-state index contributed by atoms with van der Waals surface area (Å²) in [6.45, 7) is 0.316. The summed E-state index contributed by atoms with van der Waals surface area (Å²) in [4.78, 5) is 17.8. The first kappa shape index (κ1) is 12.9. The molecule has 1 aromatic heterocycles. The molecule has 0 fully saturated rings. The number of anilines is 1. The molecule has 0 unspecified atom stereocenters. The molecule has 0 saturated carbocycles. The van der Waals surface area contributed by atoms with Gasteiger partial charge in [-0.25, -0.2) is 4.98 Å². The van der Waals surface area contributed by atoms with Gasteiger partial charge in [-0.3, -0.25) is 9.89 Å². The van der Waals surface area contributed by atoms with Crippen molar-refractivity contribution in [2.75, 3.05) is 19.9 Å². The number of hydrogen-bond acceptors (Lipinski definition) is 5. The molecular weight excluding hydrogens is 246 g/mol. The van der Waals surface area contributed by atoms with Crippen LogP contribution in [0.3, 0.4) is 0 Å². The number of benzene rings is 1. The first-order chi connectivity index (χ1) is 9.13. The fraction of sp³-hybridized carbons (Fsp3) is 0.250. The van der Waals surface area contributed by atoms with E-state index in [-0.39, 0.29) is 5.91 Å². The Kier molecular flexibility index (Phi) is 3.65. The number of nitrogens with zero attached hydrogens (tertiary/aromatic N) is 3. The van der Waals surface area contributed by atoms with Crippen LogP contribution in [-0.4, -0.2) is 40.1 Å². The lowest BCUT2D eigenvalue weighted by Crippen LogP contribution is -2.28. The molecule has 3 N–H and O–H groups in total. The zero-order valence-corrected chi connectivity index (χ0v) is 10.8. The number of aromatic amines is 1. The van der Waals surface area contributed by atoms with Crippen LogP contribution in [0.25, 0.3) is 0 Å².